The van der Waals surface area contributed by atoms with Gasteiger partial charge < -0.3 is 48.8 Å². The van der Waals surface area contributed by atoms with Crippen molar-refractivity contribution < 1.29 is 24.0 Å². The molecule has 14 nitrogen and oxygen atoms in total. The number of hydrogen-bond donors (Lipinski definition) is 9. The molecule has 4 atom stereocenters. The number of thiophene rings is 2. The number of unbranched alkanes of at least 4 members (excludes halogenated alkanes) is 1. The highest BCUT2D eigenvalue weighted by Gasteiger charge is 2.38. The van der Waals surface area contributed by atoms with Gasteiger partial charge >= 0.3 is 0 Å². The topological polar surface area (TPSA) is 239 Å². The van der Waals surface area contributed by atoms with Crippen LogP contribution >= 0.6 is 22.7 Å². The van der Waals surface area contributed by atoms with Crippen molar-refractivity contribution in [3.63, 3.8) is 0 Å². The molecule has 4 heterocycles. The molecule has 0 unspecified atom stereocenters. The summed E-state index contributed by atoms with van der Waals surface area (Å²) in [6, 6.07) is 15.0. The number of carbonyl (C=O) groups is 5. The van der Waals surface area contributed by atoms with Gasteiger partial charge in [0.05, 0.1) is 5.54 Å². The number of para-hydroxylation sites is 1. The van der Waals surface area contributed by atoms with Crippen molar-refractivity contribution in [1.29, 1.82) is 0 Å². The molecule has 12 N–H and O–H groups in total. The van der Waals surface area contributed by atoms with Crippen molar-refractivity contribution in [2.24, 2.45) is 17.2 Å². The van der Waals surface area contributed by atoms with Gasteiger partial charge in [0.1, 0.15) is 24.2 Å². The van der Waals surface area contributed by atoms with Crippen LogP contribution in [-0.2, 0) is 43.2 Å². The highest BCUT2D eigenvalue weighted by molar-refractivity contribution is 7.19. The van der Waals surface area contributed by atoms with Gasteiger partial charge in [0.15, 0.2) is 0 Å². The molecular weight excluding hydrogens is 763 g/mol. The number of primary amides is 1. The van der Waals surface area contributed by atoms with Crippen LogP contribution in [0.4, 0.5) is 0 Å². The predicted octanol–water partition coefficient (Wildman–Crippen LogP) is 2.11. The lowest BCUT2D eigenvalue weighted by atomic mass is 9.88. The number of nitrogens with one attached hydrogen (secondary N) is 6. The first kappa shape index (κ1) is 41.5. The average molecular weight is 814 g/mol. The molecule has 0 radical (unpaired) electrons. The summed E-state index contributed by atoms with van der Waals surface area (Å²) in [4.78, 5) is 73.1. The minimum Gasteiger partial charge on any atom is -0.368 e. The van der Waals surface area contributed by atoms with E-state index < -0.39 is 59.2 Å². The molecule has 5 aromatic rings. The van der Waals surface area contributed by atoms with E-state index >= 15 is 0 Å². The first-order valence-electron chi connectivity index (χ1n) is 19.3. The minimum atomic E-state index is -1.18. The lowest BCUT2D eigenvalue weighted by molar-refractivity contribution is -0.135. The number of amides is 5. The van der Waals surface area contributed by atoms with E-state index in [2.05, 4.69) is 31.6 Å². The summed E-state index contributed by atoms with van der Waals surface area (Å²) in [7, 11) is 0. The summed E-state index contributed by atoms with van der Waals surface area (Å²) >= 11 is 2.97. The molecular formula is C41H51N9O5S2. The Labute approximate surface area is 339 Å². The van der Waals surface area contributed by atoms with Crippen LogP contribution in [0.15, 0.2) is 77.6 Å². The number of benzene rings is 2. The number of carbonyl (C=O) groups excluding carboxylic acids is 5. The number of aromatic nitrogens is 1. The average Bonchev–Trinajstić information content (AvgIpc) is 3.97. The van der Waals surface area contributed by atoms with Gasteiger partial charge in [-0.05, 0) is 103 Å². The van der Waals surface area contributed by atoms with Crippen molar-refractivity contribution >= 4 is 73.2 Å². The van der Waals surface area contributed by atoms with E-state index in [1.54, 1.807) is 6.20 Å². The van der Waals surface area contributed by atoms with E-state index in [1.807, 2.05) is 71.4 Å². The summed E-state index contributed by atoms with van der Waals surface area (Å²) in [5.41, 5.74) is 19.2. The molecule has 3 aromatic heterocycles. The monoisotopic (exact) mass is 813 g/mol. The van der Waals surface area contributed by atoms with Crippen LogP contribution in [0.25, 0.3) is 21.0 Å². The maximum absolute atomic E-state index is 14.5. The summed E-state index contributed by atoms with van der Waals surface area (Å²) < 4.78 is 1.04. The second kappa shape index (κ2) is 19.3. The zero-order valence-corrected chi connectivity index (χ0v) is 33.3. The molecule has 6 rings (SSSR count). The lowest BCUT2D eigenvalue weighted by Crippen LogP contribution is -2.63. The maximum atomic E-state index is 14.5. The molecule has 1 saturated heterocycles. The van der Waals surface area contributed by atoms with Gasteiger partial charge in [-0.3, -0.25) is 24.0 Å². The second-order valence-corrected chi connectivity index (χ2v) is 16.6. The molecule has 16 heteroatoms. The third-order valence-electron chi connectivity index (χ3n) is 10.4. The van der Waals surface area contributed by atoms with E-state index in [4.69, 9.17) is 17.2 Å². The zero-order chi connectivity index (χ0) is 40.4. The van der Waals surface area contributed by atoms with Crippen molar-refractivity contribution in [2.75, 3.05) is 19.6 Å². The fraction of sp³-hybridized carbons (Fsp3) is 0.390. The Bertz CT molecular complexity index is 2130. The first-order chi connectivity index (χ1) is 27.5. The minimum absolute atomic E-state index is 0.0629. The summed E-state index contributed by atoms with van der Waals surface area (Å²) in [5, 5.41) is 20.4. The van der Waals surface area contributed by atoms with Gasteiger partial charge in [-0.15, -0.1) is 11.3 Å². The Balaban J connectivity index is 1.29. The fourth-order valence-electron chi connectivity index (χ4n) is 7.13. The second-order valence-electron chi connectivity index (χ2n) is 14.7. The van der Waals surface area contributed by atoms with E-state index in [0.717, 1.165) is 37.0 Å². The molecule has 1 fully saturated rings. The van der Waals surface area contributed by atoms with E-state index in [1.165, 1.54) is 22.7 Å². The van der Waals surface area contributed by atoms with Gasteiger partial charge in [0.25, 0.3) is 0 Å². The van der Waals surface area contributed by atoms with E-state index in [9.17, 15) is 24.0 Å². The van der Waals surface area contributed by atoms with E-state index in [-0.39, 0.29) is 19.3 Å². The van der Waals surface area contributed by atoms with Gasteiger partial charge in [-0.2, -0.15) is 11.3 Å². The molecule has 1 aliphatic rings. The lowest BCUT2D eigenvalue weighted by Gasteiger charge is -2.34. The number of aromatic amines is 1. The zero-order valence-electron chi connectivity index (χ0n) is 31.7. The van der Waals surface area contributed by atoms with Crippen LogP contribution in [0.2, 0.25) is 0 Å². The van der Waals surface area contributed by atoms with Crippen molar-refractivity contribution in [3.8, 4) is 0 Å². The maximum Gasteiger partial charge on any atom is 0.243 e. The van der Waals surface area contributed by atoms with Gasteiger partial charge in [-0.25, -0.2) is 0 Å². The molecule has 5 amide bonds. The van der Waals surface area contributed by atoms with E-state index in [0.29, 0.717) is 51.7 Å². The molecule has 0 aliphatic carbocycles. The smallest absolute Gasteiger partial charge is 0.243 e. The largest absolute Gasteiger partial charge is 0.368 e. The normalized spacial score (nSPS) is 16.0. The molecule has 2 aromatic carbocycles. The van der Waals surface area contributed by atoms with Crippen molar-refractivity contribution in [1.82, 2.24) is 31.6 Å². The van der Waals surface area contributed by atoms with Crippen LogP contribution in [0, 0.1) is 0 Å². The van der Waals surface area contributed by atoms with Crippen LogP contribution in [0.5, 0.6) is 0 Å². The highest BCUT2D eigenvalue weighted by Crippen LogP contribution is 2.27. The van der Waals surface area contributed by atoms with Crippen molar-refractivity contribution in [2.45, 2.75) is 81.1 Å². The summed E-state index contributed by atoms with van der Waals surface area (Å²) in [6.07, 6.45) is 4.46. The van der Waals surface area contributed by atoms with Crippen LogP contribution in [0.1, 0.15) is 48.1 Å². The quantitative estimate of drug-likeness (QED) is 0.0559. The molecule has 0 saturated carbocycles. The third kappa shape index (κ3) is 10.8. The fourth-order valence-corrected chi connectivity index (χ4v) is 8.92. The first-order valence-corrected chi connectivity index (χ1v) is 21.0. The standard InChI is InChI=1S/C41H51N9O5S2/c42-15-6-5-10-31(36(43)51)47-37(52)32(19-25-12-18-56-24-25)48-38(53)33(21-27-23-46-30-9-3-2-8-29(27)30)49-39(54)34(50-40(55)41(44)13-16-45-17-14-41)22-28-20-26-7-1-4-11-35(26)57-28/h1-4,7-9,11-12,18,20,23-24,31-34,45-46H,5-6,10,13-17,19,21-22,42,44H2,(H2,43,51)(H,47,52)(H,48,53)(H,49,54)(H,50,55)/t31-,32-,33+,34+/m0/s1. The van der Waals surface area contributed by atoms with Crippen LogP contribution in [0.3, 0.4) is 0 Å². The number of nitrogens with two attached hydrogens (primary N) is 3. The number of rotatable bonds is 19. The van der Waals surface area contributed by atoms with Crippen LogP contribution < -0.4 is 43.8 Å². The Kier molecular flexibility index (Phi) is 14.1. The molecule has 0 spiro atoms. The number of piperidine rings is 1. The molecule has 57 heavy (non-hydrogen) atoms. The number of hydrogen-bond acceptors (Lipinski definition) is 10. The number of H-pyrrole nitrogens is 1. The summed E-state index contributed by atoms with van der Waals surface area (Å²) in [5.74, 6) is -2.92. The highest BCUT2D eigenvalue weighted by atomic mass is 32.1. The third-order valence-corrected chi connectivity index (χ3v) is 12.3. The van der Waals surface area contributed by atoms with Crippen LogP contribution in [-0.4, -0.2) is 83.9 Å². The Hall–Kier alpha value is -5.13. The number of fused-ring (bicyclic) bond motifs is 2. The van der Waals surface area contributed by atoms with Gasteiger partial charge in [0.2, 0.25) is 29.5 Å². The predicted molar refractivity (Wildman–Crippen MR) is 224 cm³/mol. The molecule has 0 bridgehead atoms. The van der Waals surface area contributed by atoms with Gasteiger partial charge in [0, 0.05) is 45.9 Å². The SMILES string of the molecule is NCCCC[C@H](NC(=O)[C@H](Cc1ccsc1)NC(=O)[C@@H](Cc1c[nH]c2ccccc12)NC(=O)[C@@H](Cc1cc2ccccc2s1)NC(=O)C1(N)CCNCC1)C(N)=O. The summed E-state index contributed by atoms with van der Waals surface area (Å²) in [6.45, 7) is 1.56. The van der Waals surface area contributed by atoms with Gasteiger partial charge in [-0.1, -0.05) is 36.4 Å². The van der Waals surface area contributed by atoms with Crippen molar-refractivity contribution in [3.05, 3.63) is 93.6 Å². The molecule has 1 aliphatic heterocycles. The Morgan fingerprint density at radius 2 is 1.46 bits per heavy atom. The molecule has 302 valence electrons. The Morgan fingerprint density at radius 1 is 0.789 bits per heavy atom. The Morgan fingerprint density at radius 3 is 2.14 bits per heavy atom.